The van der Waals surface area contributed by atoms with Crippen molar-refractivity contribution in [3.8, 4) is 11.4 Å². The van der Waals surface area contributed by atoms with Crippen LogP contribution in [0.25, 0.3) is 5.69 Å². The van der Waals surface area contributed by atoms with Crippen LogP contribution >= 0.6 is 0 Å². The Bertz CT molecular complexity index is 779. The van der Waals surface area contributed by atoms with E-state index in [-0.39, 0.29) is 11.4 Å². The minimum absolute atomic E-state index is 0.113. The van der Waals surface area contributed by atoms with Crippen LogP contribution in [0.3, 0.4) is 0 Å². The highest BCUT2D eigenvalue weighted by atomic mass is 16.5. The average Bonchev–Trinajstić information content (AvgIpc) is 2.46. The second-order valence-corrected chi connectivity index (χ2v) is 4.19. The number of aromatic carboxylic acids is 1. The molecule has 0 aliphatic heterocycles. The Labute approximate surface area is 119 Å². The molecule has 2 aromatic rings. The van der Waals surface area contributed by atoms with Crippen molar-refractivity contribution in [2.75, 3.05) is 7.11 Å². The number of nitrogens with zero attached hydrogens (tertiary/aromatic N) is 2. The van der Waals surface area contributed by atoms with Gasteiger partial charge in [0.1, 0.15) is 22.7 Å². The molecule has 7 nitrogen and oxygen atoms in total. The van der Waals surface area contributed by atoms with Crippen LogP contribution in [0.2, 0.25) is 0 Å². The van der Waals surface area contributed by atoms with E-state index in [9.17, 15) is 14.4 Å². The van der Waals surface area contributed by atoms with E-state index in [1.54, 1.807) is 24.3 Å². The monoisotopic (exact) mass is 288 g/mol. The molecular formula is C14H12N2O5. The molecule has 7 heteroatoms. The van der Waals surface area contributed by atoms with E-state index in [4.69, 9.17) is 9.84 Å². The number of benzene rings is 1. The van der Waals surface area contributed by atoms with E-state index in [1.165, 1.54) is 14.0 Å². The highest BCUT2D eigenvalue weighted by Crippen LogP contribution is 2.20. The van der Waals surface area contributed by atoms with Crippen LogP contribution in [-0.2, 0) is 0 Å². The number of rotatable bonds is 4. The van der Waals surface area contributed by atoms with E-state index in [1.807, 2.05) is 0 Å². The summed E-state index contributed by atoms with van der Waals surface area (Å²) < 4.78 is 5.98. The van der Waals surface area contributed by atoms with E-state index in [2.05, 4.69) is 5.10 Å². The van der Waals surface area contributed by atoms with Crippen LogP contribution in [-0.4, -0.2) is 33.7 Å². The van der Waals surface area contributed by atoms with Gasteiger partial charge in [-0.1, -0.05) is 12.1 Å². The first-order valence-electron chi connectivity index (χ1n) is 5.97. The van der Waals surface area contributed by atoms with Gasteiger partial charge in [0.2, 0.25) is 0 Å². The topological polar surface area (TPSA) is 98.5 Å². The van der Waals surface area contributed by atoms with Crippen molar-refractivity contribution in [1.29, 1.82) is 0 Å². The lowest BCUT2D eigenvalue weighted by Gasteiger charge is -2.11. The Hall–Kier alpha value is -2.96. The fourth-order valence-corrected chi connectivity index (χ4v) is 1.79. The molecule has 0 unspecified atom stereocenters. The number of carboxylic acid groups (broad SMARTS) is 1. The highest BCUT2D eigenvalue weighted by Gasteiger charge is 2.18. The SMILES string of the molecule is COc1ccccc1-n1nc(C(C)=O)cc(C(=O)O)c1=O. The van der Waals surface area contributed by atoms with Gasteiger partial charge in [0.15, 0.2) is 5.78 Å². The van der Waals surface area contributed by atoms with Crippen molar-refractivity contribution >= 4 is 11.8 Å². The fourth-order valence-electron chi connectivity index (χ4n) is 1.79. The number of carbonyl (C=O) groups excluding carboxylic acids is 1. The number of hydrogen-bond acceptors (Lipinski definition) is 5. The average molecular weight is 288 g/mol. The predicted octanol–water partition coefficient (Wildman–Crippen LogP) is 1.14. The summed E-state index contributed by atoms with van der Waals surface area (Å²) in [5, 5.41) is 13.0. The van der Waals surface area contributed by atoms with Crippen LogP contribution in [0.15, 0.2) is 35.1 Å². The molecule has 2 rings (SSSR count). The zero-order valence-electron chi connectivity index (χ0n) is 11.4. The number of ketones is 1. The van der Waals surface area contributed by atoms with Crippen LogP contribution in [0.4, 0.5) is 0 Å². The zero-order chi connectivity index (χ0) is 15.6. The predicted molar refractivity (Wildman–Crippen MR) is 73.3 cm³/mol. The Morgan fingerprint density at radius 3 is 2.52 bits per heavy atom. The molecule has 21 heavy (non-hydrogen) atoms. The molecule has 0 spiro atoms. The van der Waals surface area contributed by atoms with Crippen molar-refractivity contribution in [1.82, 2.24) is 9.78 Å². The smallest absolute Gasteiger partial charge is 0.341 e. The quantitative estimate of drug-likeness (QED) is 0.847. The third kappa shape index (κ3) is 2.66. The van der Waals surface area contributed by atoms with E-state index < -0.39 is 22.9 Å². The molecule has 0 saturated carbocycles. The second kappa shape index (κ2) is 5.58. The summed E-state index contributed by atoms with van der Waals surface area (Å²) in [5.74, 6) is -1.53. The molecule has 1 aromatic heterocycles. The van der Waals surface area contributed by atoms with E-state index in [0.717, 1.165) is 10.7 Å². The Morgan fingerprint density at radius 1 is 1.29 bits per heavy atom. The molecular weight excluding hydrogens is 276 g/mol. The summed E-state index contributed by atoms with van der Waals surface area (Å²) in [4.78, 5) is 34.8. The highest BCUT2D eigenvalue weighted by molar-refractivity contribution is 5.95. The normalized spacial score (nSPS) is 10.2. The lowest BCUT2D eigenvalue weighted by Crippen LogP contribution is -2.29. The molecule has 1 N–H and O–H groups in total. The molecule has 1 aromatic carbocycles. The maximum atomic E-state index is 12.2. The molecule has 0 radical (unpaired) electrons. The van der Waals surface area contributed by atoms with Gasteiger partial charge in [-0.2, -0.15) is 9.78 Å². The molecule has 0 aliphatic rings. The lowest BCUT2D eigenvalue weighted by atomic mass is 10.2. The largest absolute Gasteiger partial charge is 0.494 e. The summed E-state index contributed by atoms with van der Waals surface area (Å²) in [6.45, 7) is 1.24. The molecule has 0 saturated heterocycles. The molecule has 0 fully saturated rings. The molecule has 0 amide bonds. The Morgan fingerprint density at radius 2 is 1.95 bits per heavy atom. The number of Topliss-reactive ketones (excluding diaryl/α,β-unsaturated/α-hetero) is 1. The number of para-hydroxylation sites is 2. The Balaban J connectivity index is 2.82. The number of hydrogen-bond donors (Lipinski definition) is 1. The van der Waals surface area contributed by atoms with Crippen molar-refractivity contribution in [2.24, 2.45) is 0 Å². The van der Waals surface area contributed by atoms with Crippen LogP contribution < -0.4 is 10.3 Å². The molecule has 1 heterocycles. The number of methoxy groups -OCH3 is 1. The van der Waals surface area contributed by atoms with Gasteiger partial charge in [0.25, 0.3) is 5.56 Å². The van der Waals surface area contributed by atoms with Gasteiger partial charge in [-0.3, -0.25) is 9.59 Å². The maximum Gasteiger partial charge on any atom is 0.341 e. The van der Waals surface area contributed by atoms with Gasteiger partial charge < -0.3 is 9.84 Å². The molecule has 0 aliphatic carbocycles. The van der Waals surface area contributed by atoms with E-state index >= 15 is 0 Å². The molecule has 0 atom stereocenters. The number of ether oxygens (including phenoxy) is 1. The summed E-state index contributed by atoms with van der Waals surface area (Å²) in [5.41, 5.74) is -1.22. The third-order valence-corrected chi connectivity index (χ3v) is 2.82. The van der Waals surface area contributed by atoms with Crippen LogP contribution in [0.1, 0.15) is 27.8 Å². The van der Waals surface area contributed by atoms with Gasteiger partial charge in [-0.25, -0.2) is 4.79 Å². The maximum absolute atomic E-state index is 12.2. The fraction of sp³-hybridized carbons (Fsp3) is 0.143. The summed E-state index contributed by atoms with van der Waals surface area (Å²) >= 11 is 0. The van der Waals surface area contributed by atoms with Crippen molar-refractivity contribution in [2.45, 2.75) is 6.92 Å². The summed E-state index contributed by atoms with van der Waals surface area (Å²) in [7, 11) is 1.41. The second-order valence-electron chi connectivity index (χ2n) is 4.19. The molecule has 0 bridgehead atoms. The minimum Gasteiger partial charge on any atom is -0.494 e. The van der Waals surface area contributed by atoms with Gasteiger partial charge in [-0.15, -0.1) is 0 Å². The van der Waals surface area contributed by atoms with Gasteiger partial charge >= 0.3 is 5.97 Å². The summed E-state index contributed by atoms with van der Waals surface area (Å²) in [6.07, 6.45) is 0. The number of carbonyl (C=O) groups is 2. The number of aromatic nitrogens is 2. The Kier molecular flexibility index (Phi) is 3.84. The van der Waals surface area contributed by atoms with E-state index in [0.29, 0.717) is 5.75 Å². The van der Waals surface area contributed by atoms with Crippen molar-refractivity contribution in [3.05, 3.63) is 51.9 Å². The standard InChI is InChI=1S/C14H12N2O5/c1-8(17)10-7-9(14(19)20)13(18)16(15-10)11-5-3-4-6-12(11)21-2/h3-7H,1-2H3,(H,19,20). The van der Waals surface area contributed by atoms with Crippen molar-refractivity contribution < 1.29 is 19.4 Å². The zero-order valence-corrected chi connectivity index (χ0v) is 11.4. The third-order valence-electron chi connectivity index (χ3n) is 2.82. The van der Waals surface area contributed by atoms with Gasteiger partial charge in [0, 0.05) is 6.92 Å². The van der Waals surface area contributed by atoms with Crippen molar-refractivity contribution in [3.63, 3.8) is 0 Å². The lowest BCUT2D eigenvalue weighted by molar-refractivity contribution is 0.0694. The van der Waals surface area contributed by atoms with Gasteiger partial charge in [0.05, 0.1) is 7.11 Å². The van der Waals surface area contributed by atoms with Crippen LogP contribution in [0, 0.1) is 0 Å². The first-order valence-corrected chi connectivity index (χ1v) is 5.97. The van der Waals surface area contributed by atoms with Gasteiger partial charge in [-0.05, 0) is 18.2 Å². The summed E-state index contributed by atoms with van der Waals surface area (Å²) in [6, 6.07) is 7.46. The van der Waals surface area contributed by atoms with Crippen LogP contribution in [0.5, 0.6) is 5.75 Å². The first kappa shape index (κ1) is 14.4. The minimum atomic E-state index is -1.42. The first-order chi connectivity index (χ1) is 9.95. The molecule has 108 valence electrons. The number of carboxylic acids is 1.